The molecule has 1 unspecified atom stereocenters. The zero-order valence-electron chi connectivity index (χ0n) is 12.5. The van der Waals surface area contributed by atoms with Crippen LogP contribution in [0.1, 0.15) is 56.9 Å². The van der Waals surface area contributed by atoms with Crippen LogP contribution in [0.4, 0.5) is 0 Å². The van der Waals surface area contributed by atoms with E-state index in [0.29, 0.717) is 11.3 Å². The van der Waals surface area contributed by atoms with Crippen molar-refractivity contribution in [2.24, 2.45) is 11.3 Å². The maximum Gasteiger partial charge on any atom is 0.0175 e. The van der Waals surface area contributed by atoms with E-state index < -0.39 is 0 Å². The minimum absolute atomic E-state index is 0.574. The molecule has 1 saturated heterocycles. The van der Waals surface area contributed by atoms with Crippen LogP contribution in [0.5, 0.6) is 0 Å². The van der Waals surface area contributed by atoms with Gasteiger partial charge in [-0.3, -0.25) is 0 Å². The number of hydrogen-bond donors (Lipinski definition) is 1. The molecule has 1 aliphatic carbocycles. The molecule has 20 heavy (non-hydrogen) atoms. The molecule has 1 aromatic carbocycles. The molecule has 1 N–H and O–H groups in total. The van der Waals surface area contributed by atoms with Gasteiger partial charge in [0.25, 0.3) is 0 Å². The van der Waals surface area contributed by atoms with Crippen LogP contribution >= 0.6 is 15.9 Å². The highest BCUT2D eigenvalue weighted by Gasteiger charge is 2.43. The first kappa shape index (κ1) is 14.6. The van der Waals surface area contributed by atoms with E-state index in [1.807, 2.05) is 0 Å². The summed E-state index contributed by atoms with van der Waals surface area (Å²) in [5.74, 6) is 1.70. The third-order valence-electron chi connectivity index (χ3n) is 5.84. The van der Waals surface area contributed by atoms with Crippen molar-refractivity contribution in [3.63, 3.8) is 0 Å². The summed E-state index contributed by atoms with van der Waals surface area (Å²) in [5, 5.41) is 3.63. The van der Waals surface area contributed by atoms with E-state index in [9.17, 15) is 0 Å². The predicted octanol–water partition coefficient (Wildman–Crippen LogP) is 5.11. The Labute approximate surface area is 131 Å². The van der Waals surface area contributed by atoms with Gasteiger partial charge >= 0.3 is 0 Å². The number of rotatable bonds is 2. The van der Waals surface area contributed by atoms with Crippen molar-refractivity contribution in [1.29, 1.82) is 0 Å². The van der Waals surface area contributed by atoms with Crippen LogP contribution in [0.15, 0.2) is 28.7 Å². The fourth-order valence-corrected chi connectivity index (χ4v) is 4.66. The highest BCUT2D eigenvalue weighted by atomic mass is 79.9. The summed E-state index contributed by atoms with van der Waals surface area (Å²) in [6.07, 6.45) is 8.51. The van der Waals surface area contributed by atoms with Gasteiger partial charge in [0.05, 0.1) is 0 Å². The topological polar surface area (TPSA) is 12.0 Å². The number of halogens is 1. The van der Waals surface area contributed by atoms with Crippen LogP contribution in [0, 0.1) is 11.3 Å². The van der Waals surface area contributed by atoms with Crippen LogP contribution in [-0.4, -0.2) is 13.1 Å². The minimum Gasteiger partial charge on any atom is -0.316 e. The highest BCUT2D eigenvalue weighted by molar-refractivity contribution is 9.10. The van der Waals surface area contributed by atoms with Crippen LogP contribution in [-0.2, 0) is 0 Å². The monoisotopic (exact) mass is 335 g/mol. The average Bonchev–Trinajstić information content (AvgIpc) is 2.50. The second-order valence-electron chi connectivity index (χ2n) is 6.77. The molecule has 0 aromatic heterocycles. The van der Waals surface area contributed by atoms with Gasteiger partial charge in [-0.15, -0.1) is 0 Å². The van der Waals surface area contributed by atoms with E-state index in [4.69, 9.17) is 0 Å². The molecule has 1 atom stereocenters. The summed E-state index contributed by atoms with van der Waals surface area (Å²) in [5.41, 5.74) is 2.11. The van der Waals surface area contributed by atoms with E-state index in [1.165, 1.54) is 61.7 Å². The van der Waals surface area contributed by atoms with Gasteiger partial charge in [-0.25, -0.2) is 0 Å². The summed E-state index contributed by atoms with van der Waals surface area (Å²) < 4.78 is 1.19. The fraction of sp³-hybridized carbons (Fsp3) is 0.667. The first-order valence-electron chi connectivity index (χ1n) is 8.20. The zero-order valence-corrected chi connectivity index (χ0v) is 14.1. The van der Waals surface area contributed by atoms with Crippen molar-refractivity contribution in [3.8, 4) is 0 Å². The third kappa shape index (κ3) is 2.82. The summed E-state index contributed by atoms with van der Waals surface area (Å²) in [7, 11) is 0. The Kier molecular flexibility index (Phi) is 4.52. The smallest absolute Gasteiger partial charge is 0.0175 e. The minimum atomic E-state index is 0.574. The van der Waals surface area contributed by atoms with Gasteiger partial charge in [-0.05, 0) is 67.7 Å². The molecule has 3 rings (SSSR count). The summed E-state index contributed by atoms with van der Waals surface area (Å²) in [6, 6.07) is 9.06. The largest absolute Gasteiger partial charge is 0.316 e. The Balaban J connectivity index is 1.82. The van der Waals surface area contributed by atoms with E-state index in [2.05, 4.69) is 52.4 Å². The van der Waals surface area contributed by atoms with Crippen molar-refractivity contribution >= 4 is 15.9 Å². The molecule has 2 fully saturated rings. The Bertz CT molecular complexity index is 431. The summed E-state index contributed by atoms with van der Waals surface area (Å²) in [6.45, 7) is 4.74. The molecule has 1 nitrogen and oxygen atoms in total. The first-order valence-corrected chi connectivity index (χ1v) is 8.99. The Morgan fingerprint density at radius 3 is 2.50 bits per heavy atom. The van der Waals surface area contributed by atoms with Crippen molar-refractivity contribution in [2.75, 3.05) is 13.1 Å². The lowest BCUT2D eigenvalue weighted by atomic mass is 9.59. The van der Waals surface area contributed by atoms with E-state index in [1.54, 1.807) is 0 Å². The van der Waals surface area contributed by atoms with Gasteiger partial charge in [0.1, 0.15) is 0 Å². The maximum absolute atomic E-state index is 3.63. The van der Waals surface area contributed by atoms with Gasteiger partial charge in [0.15, 0.2) is 0 Å². The summed E-state index contributed by atoms with van der Waals surface area (Å²) >= 11 is 3.56. The number of nitrogens with one attached hydrogen (secondary N) is 1. The van der Waals surface area contributed by atoms with E-state index in [-0.39, 0.29) is 0 Å². The molecule has 0 bridgehead atoms. The lowest BCUT2D eigenvalue weighted by molar-refractivity contribution is 0.0783. The van der Waals surface area contributed by atoms with Gasteiger partial charge in [0, 0.05) is 16.9 Å². The van der Waals surface area contributed by atoms with Gasteiger partial charge in [-0.1, -0.05) is 41.4 Å². The predicted molar refractivity (Wildman–Crippen MR) is 89.1 cm³/mol. The molecule has 2 aliphatic rings. The molecule has 2 heteroatoms. The van der Waals surface area contributed by atoms with Crippen LogP contribution in [0.2, 0.25) is 0 Å². The molecule has 1 aliphatic heterocycles. The molecule has 1 heterocycles. The zero-order chi connectivity index (χ0) is 14.0. The van der Waals surface area contributed by atoms with Gasteiger partial charge < -0.3 is 5.32 Å². The maximum atomic E-state index is 3.63. The molecule has 0 radical (unpaired) electrons. The SMILES string of the molecule is CCC1CCC2(CCNCC2c2ccc(Br)cc2)CC1. The number of hydrogen-bond acceptors (Lipinski definition) is 1. The average molecular weight is 336 g/mol. The van der Waals surface area contributed by atoms with Crippen molar-refractivity contribution in [1.82, 2.24) is 5.32 Å². The first-order chi connectivity index (χ1) is 9.73. The van der Waals surface area contributed by atoms with Gasteiger partial charge in [0.2, 0.25) is 0 Å². The van der Waals surface area contributed by atoms with Crippen LogP contribution in [0.3, 0.4) is 0 Å². The van der Waals surface area contributed by atoms with Crippen molar-refractivity contribution < 1.29 is 0 Å². The highest BCUT2D eigenvalue weighted by Crippen LogP contribution is 2.52. The van der Waals surface area contributed by atoms with Crippen LogP contribution in [0.25, 0.3) is 0 Å². The Morgan fingerprint density at radius 1 is 1.15 bits per heavy atom. The lowest BCUT2D eigenvalue weighted by Crippen LogP contribution is -2.45. The standard InChI is InChI=1S/C18H26BrN/c1-2-14-7-9-18(10-8-14)11-12-20-13-17(18)15-3-5-16(19)6-4-15/h3-6,14,17,20H,2,7-13H2,1H3. The van der Waals surface area contributed by atoms with Crippen LogP contribution < -0.4 is 5.32 Å². The molecular weight excluding hydrogens is 310 g/mol. The molecule has 0 amide bonds. The van der Waals surface area contributed by atoms with E-state index >= 15 is 0 Å². The Morgan fingerprint density at radius 2 is 1.85 bits per heavy atom. The Hall–Kier alpha value is -0.340. The number of piperidine rings is 1. The molecular formula is C18H26BrN. The van der Waals surface area contributed by atoms with E-state index in [0.717, 1.165) is 5.92 Å². The van der Waals surface area contributed by atoms with Gasteiger partial charge in [-0.2, -0.15) is 0 Å². The van der Waals surface area contributed by atoms with Crippen molar-refractivity contribution in [2.45, 2.75) is 51.4 Å². The fourth-order valence-electron chi connectivity index (χ4n) is 4.40. The number of benzene rings is 1. The normalized spacial score (nSPS) is 34.3. The molecule has 1 saturated carbocycles. The lowest BCUT2D eigenvalue weighted by Gasteiger charge is -2.49. The second kappa shape index (κ2) is 6.19. The summed E-state index contributed by atoms with van der Waals surface area (Å²) in [4.78, 5) is 0. The second-order valence-corrected chi connectivity index (χ2v) is 7.69. The molecule has 1 spiro atoms. The quantitative estimate of drug-likeness (QED) is 0.791. The molecule has 110 valence electrons. The van der Waals surface area contributed by atoms with Crippen molar-refractivity contribution in [3.05, 3.63) is 34.3 Å². The third-order valence-corrected chi connectivity index (χ3v) is 6.37. The molecule has 1 aromatic rings.